The van der Waals surface area contributed by atoms with Gasteiger partial charge in [-0.05, 0) is 13.8 Å². The molecule has 0 saturated heterocycles. The van der Waals surface area contributed by atoms with Crippen LogP contribution >= 0.6 is 11.3 Å². The maximum absolute atomic E-state index is 5.46. The second-order valence-corrected chi connectivity index (χ2v) is 5.87. The predicted octanol–water partition coefficient (Wildman–Crippen LogP) is 2.52. The van der Waals surface area contributed by atoms with Crippen LogP contribution in [0.5, 0.6) is 0 Å². The third-order valence-electron chi connectivity index (χ3n) is 2.92. The van der Waals surface area contributed by atoms with Crippen LogP contribution in [-0.2, 0) is 16.0 Å². The van der Waals surface area contributed by atoms with Gasteiger partial charge in [-0.3, -0.25) is 0 Å². The van der Waals surface area contributed by atoms with Gasteiger partial charge in [0.05, 0.1) is 18.9 Å². The van der Waals surface area contributed by atoms with Crippen LogP contribution in [0.15, 0.2) is 5.38 Å². The Balaban J connectivity index is 2.54. The highest BCUT2D eigenvalue weighted by Gasteiger charge is 2.11. The van der Waals surface area contributed by atoms with E-state index in [0.29, 0.717) is 6.04 Å². The van der Waals surface area contributed by atoms with Crippen molar-refractivity contribution in [3.63, 3.8) is 0 Å². The molecule has 0 fully saturated rings. The van der Waals surface area contributed by atoms with Crippen LogP contribution in [0, 0.1) is 0 Å². The van der Waals surface area contributed by atoms with Gasteiger partial charge < -0.3 is 19.7 Å². The molecule has 0 aliphatic rings. The van der Waals surface area contributed by atoms with Crippen LogP contribution in [0.2, 0.25) is 0 Å². The van der Waals surface area contributed by atoms with Gasteiger partial charge >= 0.3 is 0 Å². The van der Waals surface area contributed by atoms with Gasteiger partial charge in [0.2, 0.25) is 0 Å². The highest BCUT2D eigenvalue weighted by atomic mass is 32.1. The predicted molar refractivity (Wildman–Crippen MR) is 89.3 cm³/mol. The van der Waals surface area contributed by atoms with E-state index in [0.717, 1.165) is 56.9 Å². The molecular weight excluding hydrogens is 286 g/mol. The van der Waals surface area contributed by atoms with E-state index in [9.17, 15) is 0 Å². The smallest absolute Gasteiger partial charge is 0.185 e. The summed E-state index contributed by atoms with van der Waals surface area (Å²) in [4.78, 5) is 6.96. The van der Waals surface area contributed by atoms with E-state index in [4.69, 9.17) is 14.5 Å². The number of aromatic nitrogens is 1. The maximum Gasteiger partial charge on any atom is 0.185 e. The monoisotopic (exact) mass is 315 g/mol. The van der Waals surface area contributed by atoms with Crippen LogP contribution in [0.3, 0.4) is 0 Å². The number of ether oxygens (including phenoxy) is 2. The average Bonchev–Trinajstić information content (AvgIpc) is 2.92. The molecule has 1 aromatic heterocycles. The first-order chi connectivity index (χ1) is 10.2. The molecule has 0 bridgehead atoms. The minimum atomic E-state index is 0.474. The summed E-state index contributed by atoms with van der Waals surface area (Å²) < 4.78 is 10.9. The van der Waals surface area contributed by atoms with Crippen LogP contribution in [0.25, 0.3) is 0 Å². The van der Waals surface area contributed by atoms with Crippen molar-refractivity contribution in [2.75, 3.05) is 44.4 Å². The van der Waals surface area contributed by atoms with E-state index in [1.54, 1.807) is 11.3 Å². The fraction of sp³-hybridized carbons (Fsp3) is 0.800. The maximum atomic E-state index is 5.46. The Hall–Kier alpha value is -0.690. The normalized spacial score (nSPS) is 11.3. The third kappa shape index (κ3) is 7.76. The quantitative estimate of drug-likeness (QED) is 0.601. The van der Waals surface area contributed by atoms with E-state index in [1.807, 2.05) is 13.8 Å². The number of anilines is 1. The second kappa shape index (κ2) is 11.0. The molecule has 1 N–H and O–H groups in total. The van der Waals surface area contributed by atoms with E-state index < -0.39 is 0 Å². The zero-order valence-corrected chi connectivity index (χ0v) is 14.5. The van der Waals surface area contributed by atoms with Crippen LogP contribution in [0.1, 0.15) is 33.4 Å². The minimum absolute atomic E-state index is 0.474. The Labute approximate surface area is 132 Å². The summed E-state index contributed by atoms with van der Waals surface area (Å²) in [5, 5.41) is 6.57. The summed E-state index contributed by atoms with van der Waals surface area (Å²) in [6.45, 7) is 13.8. The van der Waals surface area contributed by atoms with Crippen molar-refractivity contribution in [1.82, 2.24) is 10.3 Å². The van der Waals surface area contributed by atoms with Crippen molar-refractivity contribution in [2.24, 2.45) is 0 Å². The number of nitrogens with one attached hydrogen (secondary N) is 1. The first-order valence-electron chi connectivity index (χ1n) is 7.75. The standard InChI is InChI=1S/C15H29N3O2S/c1-5-19-9-7-18(8-10-20-6-2)15-17-14(12-21-15)11-16-13(3)4/h12-13,16H,5-11H2,1-4H3. The molecule has 0 saturated carbocycles. The van der Waals surface area contributed by atoms with Crippen LogP contribution in [0.4, 0.5) is 5.13 Å². The molecule has 1 heterocycles. The summed E-state index contributed by atoms with van der Waals surface area (Å²) in [6, 6.07) is 0.474. The summed E-state index contributed by atoms with van der Waals surface area (Å²) in [6.07, 6.45) is 0. The third-order valence-corrected chi connectivity index (χ3v) is 3.87. The van der Waals surface area contributed by atoms with Gasteiger partial charge in [0.1, 0.15) is 0 Å². The van der Waals surface area contributed by atoms with Gasteiger partial charge in [0.25, 0.3) is 0 Å². The molecular formula is C15H29N3O2S. The number of hydrogen-bond donors (Lipinski definition) is 1. The first kappa shape index (κ1) is 18.4. The van der Waals surface area contributed by atoms with Gasteiger partial charge in [-0.25, -0.2) is 4.98 Å². The molecule has 0 radical (unpaired) electrons. The molecule has 0 aliphatic carbocycles. The van der Waals surface area contributed by atoms with E-state index in [1.165, 1.54) is 0 Å². The van der Waals surface area contributed by atoms with Crippen molar-refractivity contribution in [2.45, 2.75) is 40.3 Å². The number of nitrogens with zero attached hydrogens (tertiary/aromatic N) is 2. The fourth-order valence-corrected chi connectivity index (χ4v) is 2.65. The SMILES string of the molecule is CCOCCN(CCOCC)c1nc(CNC(C)C)cs1. The topological polar surface area (TPSA) is 46.6 Å². The van der Waals surface area contributed by atoms with Crippen molar-refractivity contribution in [3.05, 3.63) is 11.1 Å². The molecule has 1 rings (SSSR count). The molecule has 5 nitrogen and oxygen atoms in total. The Morgan fingerprint density at radius 1 is 1.19 bits per heavy atom. The summed E-state index contributed by atoms with van der Waals surface area (Å²) in [5.41, 5.74) is 1.10. The molecule has 0 spiro atoms. The summed E-state index contributed by atoms with van der Waals surface area (Å²) in [5.74, 6) is 0. The van der Waals surface area contributed by atoms with Crippen LogP contribution in [-0.4, -0.2) is 50.5 Å². The molecule has 0 atom stereocenters. The number of hydrogen-bond acceptors (Lipinski definition) is 6. The summed E-state index contributed by atoms with van der Waals surface area (Å²) >= 11 is 1.69. The lowest BCUT2D eigenvalue weighted by molar-refractivity contribution is 0.141. The van der Waals surface area contributed by atoms with E-state index in [2.05, 4.69) is 29.4 Å². The second-order valence-electron chi connectivity index (χ2n) is 5.04. The lowest BCUT2D eigenvalue weighted by atomic mass is 10.4. The Morgan fingerprint density at radius 3 is 2.33 bits per heavy atom. The van der Waals surface area contributed by atoms with Gasteiger partial charge in [-0.1, -0.05) is 13.8 Å². The molecule has 122 valence electrons. The van der Waals surface area contributed by atoms with E-state index >= 15 is 0 Å². The van der Waals surface area contributed by atoms with Crippen LogP contribution < -0.4 is 10.2 Å². The lowest BCUT2D eigenvalue weighted by Gasteiger charge is -2.21. The van der Waals surface area contributed by atoms with Gasteiger partial charge in [0, 0.05) is 44.3 Å². The number of rotatable bonds is 12. The lowest BCUT2D eigenvalue weighted by Crippen LogP contribution is -2.31. The molecule has 0 aromatic carbocycles. The van der Waals surface area contributed by atoms with Crippen molar-refractivity contribution >= 4 is 16.5 Å². The van der Waals surface area contributed by atoms with E-state index in [-0.39, 0.29) is 0 Å². The van der Waals surface area contributed by atoms with Crippen molar-refractivity contribution in [3.8, 4) is 0 Å². The van der Waals surface area contributed by atoms with Gasteiger partial charge in [0.15, 0.2) is 5.13 Å². The molecule has 0 aliphatic heterocycles. The Morgan fingerprint density at radius 2 is 1.81 bits per heavy atom. The van der Waals surface area contributed by atoms with Gasteiger partial charge in [-0.2, -0.15) is 0 Å². The minimum Gasteiger partial charge on any atom is -0.380 e. The highest BCUT2D eigenvalue weighted by molar-refractivity contribution is 7.13. The molecule has 1 aromatic rings. The Kier molecular flexibility index (Phi) is 9.58. The number of thiazole rings is 1. The first-order valence-corrected chi connectivity index (χ1v) is 8.63. The largest absolute Gasteiger partial charge is 0.380 e. The molecule has 0 amide bonds. The van der Waals surface area contributed by atoms with Gasteiger partial charge in [-0.15, -0.1) is 11.3 Å². The fourth-order valence-electron chi connectivity index (χ4n) is 1.77. The summed E-state index contributed by atoms with van der Waals surface area (Å²) in [7, 11) is 0. The highest BCUT2D eigenvalue weighted by Crippen LogP contribution is 2.20. The zero-order valence-electron chi connectivity index (χ0n) is 13.7. The average molecular weight is 315 g/mol. The zero-order chi connectivity index (χ0) is 15.5. The molecule has 0 unspecified atom stereocenters. The van der Waals surface area contributed by atoms with Crippen molar-refractivity contribution in [1.29, 1.82) is 0 Å². The molecule has 21 heavy (non-hydrogen) atoms. The molecule has 6 heteroatoms. The van der Waals surface area contributed by atoms with Crippen molar-refractivity contribution < 1.29 is 9.47 Å². The Bertz CT molecular complexity index is 362.